The van der Waals surface area contributed by atoms with Gasteiger partial charge in [-0.3, -0.25) is 39.1 Å². The largest absolute Gasteiger partial charge is 0.497 e. The van der Waals surface area contributed by atoms with Gasteiger partial charge in [-0.15, -0.1) is 0 Å². The van der Waals surface area contributed by atoms with E-state index in [1.54, 1.807) is 38.3 Å². The fourth-order valence-electron chi connectivity index (χ4n) is 12.7. The van der Waals surface area contributed by atoms with Crippen molar-refractivity contribution >= 4 is 47.4 Å². The van der Waals surface area contributed by atoms with Gasteiger partial charge in [-0.2, -0.15) is 0 Å². The zero-order valence-corrected chi connectivity index (χ0v) is 55.2. The molecule has 23 nitrogen and oxygen atoms in total. The highest BCUT2D eigenvalue weighted by Crippen LogP contribution is 2.29. The topological polar surface area (TPSA) is 232 Å². The van der Waals surface area contributed by atoms with Gasteiger partial charge in [0.05, 0.1) is 13.7 Å². The number of nitrogens with zero attached hydrogens (tertiary/aromatic N) is 15. The number of piperidine rings is 1. The molecule has 6 aliphatic heterocycles. The molecule has 4 fully saturated rings. The molecule has 0 unspecified atom stereocenters. The molecule has 0 bridgehead atoms. The van der Waals surface area contributed by atoms with Crippen molar-refractivity contribution < 1.29 is 32.3 Å². The third kappa shape index (κ3) is 19.4. The normalized spacial score (nSPS) is 17.6. The summed E-state index contributed by atoms with van der Waals surface area (Å²) in [6, 6.07) is 20.7. The number of H-pyrrole nitrogens is 1. The SMILES string of the molecule is CC1=C(CCC2CCN(c3ccon3)CC2)C(=O)CC=N1.CC1=C(CCN2CCN(c3ccon3)CC2)C(=O)CC=N1.CCc1nc(C)c(CCN2CCN(c3ccon3)CC2)c(=O)[nH]1.COc1ccc(CCN2CCN(c3nccn3Cc3ccc(F)cc3)CC2)cc1. The molecule has 11 heterocycles. The lowest BCUT2D eigenvalue weighted by Crippen LogP contribution is -2.47. The van der Waals surface area contributed by atoms with E-state index in [1.165, 1.54) is 17.7 Å². The summed E-state index contributed by atoms with van der Waals surface area (Å²) < 4.78 is 35.2. The summed E-state index contributed by atoms with van der Waals surface area (Å²) in [5.41, 5.74) is 7.71. The molecule has 0 amide bonds. The number of allylic oxidation sites excluding steroid dienone is 3. The Labute approximate surface area is 550 Å². The van der Waals surface area contributed by atoms with Gasteiger partial charge in [-0.05, 0) is 107 Å². The molecule has 0 atom stereocenters. The van der Waals surface area contributed by atoms with E-state index in [4.69, 9.17) is 18.3 Å². The number of aliphatic imine (C=N–C) groups is 2. The van der Waals surface area contributed by atoms with Gasteiger partial charge in [0.2, 0.25) is 5.95 Å². The number of hydrogen-bond acceptors (Lipinski definition) is 21. The number of Topliss-reactive ketones (excluding diaryl/α,β-unsaturated/α-hetero) is 2. The fraction of sp³-hybridized carbons (Fsp3) is 0.486. The predicted octanol–water partition coefficient (Wildman–Crippen LogP) is 8.93. The zero-order chi connectivity index (χ0) is 65.6. The Hall–Kier alpha value is -8.87. The quantitative estimate of drug-likeness (QED) is 0.0750. The highest BCUT2D eigenvalue weighted by molar-refractivity contribution is 6.06. The maximum Gasteiger partial charge on any atom is 0.254 e. The van der Waals surface area contributed by atoms with Crippen molar-refractivity contribution in [3.05, 3.63) is 165 Å². The lowest BCUT2D eigenvalue weighted by atomic mass is 9.88. The Morgan fingerprint density at radius 3 is 1.55 bits per heavy atom. The average molecular weight is 1290 g/mol. The van der Waals surface area contributed by atoms with Crippen LogP contribution in [0.15, 0.2) is 149 Å². The number of nitrogens with one attached hydrogen (secondary N) is 1. The number of rotatable bonds is 20. The van der Waals surface area contributed by atoms with Crippen molar-refractivity contribution in [1.82, 2.24) is 49.7 Å². The number of aromatic amines is 1. The molecule has 94 heavy (non-hydrogen) atoms. The first-order chi connectivity index (χ1) is 45.9. The third-order valence-electron chi connectivity index (χ3n) is 18.5. The van der Waals surface area contributed by atoms with E-state index in [0.717, 1.165) is 237 Å². The van der Waals surface area contributed by atoms with Gasteiger partial charge in [0, 0.05) is 207 Å². The molecule has 13 rings (SSSR count). The van der Waals surface area contributed by atoms with Crippen LogP contribution in [0.1, 0.15) is 93.9 Å². The summed E-state index contributed by atoms with van der Waals surface area (Å²) in [6.45, 7) is 25.0. The Morgan fingerprint density at radius 2 is 1.06 bits per heavy atom. The van der Waals surface area contributed by atoms with E-state index in [9.17, 15) is 18.8 Å². The molecular formula is C70H91FN16O7. The number of piperazine rings is 3. The highest BCUT2D eigenvalue weighted by atomic mass is 19.1. The lowest BCUT2D eigenvalue weighted by molar-refractivity contribution is -0.115. The van der Waals surface area contributed by atoms with Crippen molar-refractivity contribution in [1.29, 1.82) is 0 Å². The summed E-state index contributed by atoms with van der Waals surface area (Å²) >= 11 is 0. The van der Waals surface area contributed by atoms with Crippen molar-refractivity contribution in [2.45, 2.75) is 98.4 Å². The number of benzene rings is 2. The maximum atomic E-state index is 13.1. The second kappa shape index (κ2) is 34.3. The van der Waals surface area contributed by atoms with Crippen molar-refractivity contribution in [3.63, 3.8) is 0 Å². The van der Waals surface area contributed by atoms with Crippen LogP contribution in [0.25, 0.3) is 0 Å². The van der Waals surface area contributed by atoms with Gasteiger partial charge >= 0.3 is 0 Å². The van der Waals surface area contributed by atoms with Crippen LogP contribution in [-0.4, -0.2) is 192 Å². The number of imidazole rings is 1. The molecule has 0 radical (unpaired) electrons. The van der Waals surface area contributed by atoms with Gasteiger partial charge in [0.15, 0.2) is 29.0 Å². The van der Waals surface area contributed by atoms with Crippen LogP contribution < -0.4 is 29.9 Å². The standard InChI is InChI=1S/C23H27FN4O.C16H23N5O2.C16H21N3O2.C15H20N4O2/c1-29-22-8-4-19(5-9-22)10-12-26-14-16-27(17-15-26)23-25-11-13-28(23)18-20-2-6-21(24)7-3-20;1-3-14-17-12(2)13(16(22)18-14)4-6-20-7-9-21(10-8-20)15-5-11-23-19-15;1-12-14(15(20)4-8-17-12)3-2-13-5-9-19(10-6-13)16-7-11-21-18-16;1-12-13(14(20)2-5-16-12)3-6-18-7-9-19(10-8-18)15-4-11-21-17-15/h2-9,11,13H,10,12,14-18H2,1H3;5,11H,3-4,6-10H2,1-2H3,(H,17,18,22);7-8,11,13H,2-6,9-10H2,1H3;4-5,11H,2-3,6-10H2,1H3. The number of anilines is 4. The van der Waals surface area contributed by atoms with E-state index in [2.05, 4.69) is 91.4 Å². The minimum absolute atomic E-state index is 0.00980. The number of methoxy groups -OCH3 is 1. The second-order valence-electron chi connectivity index (χ2n) is 24.5. The fourth-order valence-corrected chi connectivity index (χ4v) is 12.7. The van der Waals surface area contributed by atoms with Gasteiger partial charge in [-0.1, -0.05) is 46.7 Å². The van der Waals surface area contributed by atoms with E-state index < -0.39 is 0 Å². The number of halogens is 1. The van der Waals surface area contributed by atoms with Gasteiger partial charge in [0.1, 0.15) is 36.2 Å². The second-order valence-corrected chi connectivity index (χ2v) is 24.5. The van der Waals surface area contributed by atoms with Gasteiger partial charge in [-0.25, -0.2) is 14.4 Å². The van der Waals surface area contributed by atoms with Crippen molar-refractivity contribution in [2.75, 3.05) is 138 Å². The zero-order valence-electron chi connectivity index (χ0n) is 55.2. The van der Waals surface area contributed by atoms with Crippen LogP contribution in [0.4, 0.5) is 27.8 Å². The van der Waals surface area contributed by atoms with E-state index in [1.807, 2.05) is 82.6 Å². The van der Waals surface area contributed by atoms with Crippen LogP contribution in [0.2, 0.25) is 0 Å². The first-order valence-corrected chi connectivity index (χ1v) is 33.2. The summed E-state index contributed by atoms with van der Waals surface area (Å²) in [4.78, 5) is 72.7. The Bertz CT molecular complexity index is 3540. The van der Waals surface area contributed by atoms with E-state index in [0.29, 0.717) is 25.3 Å². The monoisotopic (exact) mass is 1290 g/mol. The highest BCUT2D eigenvalue weighted by Gasteiger charge is 2.26. The number of carbonyl (C=O) groups excluding carboxylic acids is 2. The number of hydrogen-bond donors (Lipinski definition) is 1. The molecule has 5 aromatic heterocycles. The molecule has 7 aromatic rings. The van der Waals surface area contributed by atoms with Crippen molar-refractivity contribution in [3.8, 4) is 5.75 Å². The minimum Gasteiger partial charge on any atom is -0.497 e. The third-order valence-corrected chi connectivity index (χ3v) is 18.5. The number of carbonyl (C=O) groups is 2. The predicted molar refractivity (Wildman–Crippen MR) is 363 cm³/mol. The summed E-state index contributed by atoms with van der Waals surface area (Å²) in [6.07, 6.45) is 20.6. The smallest absolute Gasteiger partial charge is 0.254 e. The summed E-state index contributed by atoms with van der Waals surface area (Å²) in [5, 5.41) is 11.9. The maximum absolute atomic E-state index is 13.1. The number of ketones is 2. The van der Waals surface area contributed by atoms with Crippen LogP contribution in [-0.2, 0) is 35.4 Å². The Kier molecular flexibility index (Phi) is 24.8. The molecule has 500 valence electrons. The van der Waals surface area contributed by atoms with Crippen LogP contribution in [0.5, 0.6) is 5.75 Å². The molecular weight excluding hydrogens is 1200 g/mol. The minimum atomic E-state index is -0.203. The molecule has 6 aliphatic rings. The summed E-state index contributed by atoms with van der Waals surface area (Å²) in [7, 11) is 1.69. The number of ether oxygens (including phenoxy) is 1. The Morgan fingerprint density at radius 1 is 0.574 bits per heavy atom. The van der Waals surface area contributed by atoms with E-state index in [-0.39, 0.29) is 22.9 Å². The lowest BCUT2D eigenvalue weighted by Gasteiger charge is -2.35. The molecule has 4 saturated heterocycles. The van der Waals surface area contributed by atoms with Crippen molar-refractivity contribution in [2.24, 2.45) is 15.9 Å². The molecule has 0 spiro atoms. The number of aryl methyl sites for hydroxylation is 2. The number of aromatic nitrogens is 7. The first-order valence-electron chi connectivity index (χ1n) is 33.2. The van der Waals surface area contributed by atoms with Crippen LogP contribution >= 0.6 is 0 Å². The van der Waals surface area contributed by atoms with Crippen LogP contribution in [0.3, 0.4) is 0 Å². The Balaban J connectivity index is 0.000000138. The first kappa shape index (κ1) is 68.0. The molecule has 0 saturated carbocycles. The average Bonchev–Trinajstić information content (AvgIpc) is 2.08. The molecule has 2 aromatic carbocycles. The molecule has 24 heteroatoms. The molecule has 0 aliphatic carbocycles. The van der Waals surface area contributed by atoms with Crippen LogP contribution in [0, 0.1) is 18.7 Å². The van der Waals surface area contributed by atoms with Gasteiger partial charge < -0.3 is 47.5 Å². The van der Waals surface area contributed by atoms with Gasteiger partial charge in [0.25, 0.3) is 5.56 Å². The molecule has 1 N–H and O–H groups in total. The van der Waals surface area contributed by atoms with E-state index >= 15 is 0 Å². The summed E-state index contributed by atoms with van der Waals surface area (Å²) in [5.74, 6) is 6.36.